The quantitative estimate of drug-likeness (QED) is 0.649. The zero-order chi connectivity index (χ0) is 21.6. The third-order valence-corrected chi connectivity index (χ3v) is 7.11. The monoisotopic (exact) mass is 437 g/mol. The topological polar surface area (TPSA) is 69.7 Å². The molecule has 29 heavy (non-hydrogen) atoms. The summed E-state index contributed by atoms with van der Waals surface area (Å²) in [6.45, 7) is 5.11. The molecule has 0 heterocycles. The third kappa shape index (κ3) is 6.02. The standard InChI is InChI=1S/C21H28ClN3O3S/c1-5-25(6-2)29(27,28)20-15-17(9-12-19(20)22)21(26)23-18-10-7-16(8-11-18)13-14-24(3)4/h7-12,15H,5-6,13-14H2,1-4H3,(H,23,26). The molecule has 0 atom stereocenters. The molecule has 0 aromatic heterocycles. The minimum atomic E-state index is -3.76. The van der Waals surface area contributed by atoms with Crippen molar-refractivity contribution in [1.29, 1.82) is 0 Å². The fourth-order valence-electron chi connectivity index (χ4n) is 2.86. The first-order valence-electron chi connectivity index (χ1n) is 9.53. The summed E-state index contributed by atoms with van der Waals surface area (Å²) >= 11 is 6.13. The molecular formula is C21H28ClN3O3S. The number of anilines is 1. The first kappa shape index (κ1) is 23.3. The number of carbonyl (C=O) groups is 1. The summed E-state index contributed by atoms with van der Waals surface area (Å²) in [5.74, 6) is -0.390. The van der Waals surface area contributed by atoms with Crippen molar-refractivity contribution in [2.45, 2.75) is 25.2 Å². The number of sulfonamides is 1. The minimum absolute atomic E-state index is 0.0606. The summed E-state index contributed by atoms with van der Waals surface area (Å²) < 4.78 is 26.9. The average molecular weight is 438 g/mol. The summed E-state index contributed by atoms with van der Waals surface area (Å²) in [5, 5.41) is 2.90. The zero-order valence-electron chi connectivity index (χ0n) is 17.3. The third-order valence-electron chi connectivity index (χ3n) is 4.58. The maximum Gasteiger partial charge on any atom is 0.255 e. The molecule has 0 bridgehead atoms. The van der Waals surface area contributed by atoms with Crippen LogP contribution in [0.1, 0.15) is 29.8 Å². The maximum absolute atomic E-state index is 12.8. The van der Waals surface area contributed by atoms with Crippen molar-refractivity contribution in [3.8, 4) is 0 Å². The highest BCUT2D eigenvalue weighted by atomic mass is 35.5. The Morgan fingerprint density at radius 2 is 1.66 bits per heavy atom. The van der Waals surface area contributed by atoms with Crippen LogP contribution in [0.25, 0.3) is 0 Å². The summed E-state index contributed by atoms with van der Waals surface area (Å²) in [4.78, 5) is 14.7. The first-order chi connectivity index (χ1) is 13.7. The Balaban J connectivity index is 2.20. The molecule has 0 aliphatic heterocycles. The molecule has 0 aliphatic rings. The van der Waals surface area contributed by atoms with Gasteiger partial charge in [-0.15, -0.1) is 0 Å². The normalized spacial score (nSPS) is 11.8. The van der Waals surface area contributed by atoms with E-state index in [1.807, 2.05) is 38.4 Å². The molecule has 2 aromatic carbocycles. The van der Waals surface area contributed by atoms with E-state index in [1.54, 1.807) is 13.8 Å². The number of hydrogen-bond donors (Lipinski definition) is 1. The number of nitrogens with one attached hydrogen (secondary N) is 1. The molecule has 1 amide bonds. The summed E-state index contributed by atoms with van der Waals surface area (Å²) in [6, 6.07) is 11.9. The predicted molar refractivity (Wildman–Crippen MR) is 118 cm³/mol. The van der Waals surface area contributed by atoms with Gasteiger partial charge in [0.05, 0.1) is 5.02 Å². The van der Waals surface area contributed by atoms with Gasteiger partial charge in [0, 0.05) is 30.9 Å². The molecule has 0 fully saturated rings. The van der Waals surface area contributed by atoms with Crippen LogP contribution in [0.15, 0.2) is 47.4 Å². The highest BCUT2D eigenvalue weighted by Crippen LogP contribution is 2.26. The Morgan fingerprint density at radius 3 is 2.21 bits per heavy atom. The minimum Gasteiger partial charge on any atom is -0.322 e. The van der Waals surface area contributed by atoms with Gasteiger partial charge in [0.15, 0.2) is 0 Å². The van der Waals surface area contributed by atoms with Crippen molar-refractivity contribution >= 4 is 33.2 Å². The summed E-state index contributed by atoms with van der Waals surface area (Å²) in [5.41, 5.74) is 2.05. The van der Waals surface area contributed by atoms with Crippen molar-refractivity contribution in [3.63, 3.8) is 0 Å². The number of halogens is 1. The van der Waals surface area contributed by atoms with Crippen LogP contribution >= 0.6 is 11.6 Å². The molecule has 0 radical (unpaired) electrons. The molecular weight excluding hydrogens is 410 g/mol. The second-order valence-electron chi connectivity index (χ2n) is 6.94. The largest absolute Gasteiger partial charge is 0.322 e. The maximum atomic E-state index is 12.8. The Morgan fingerprint density at radius 1 is 1.03 bits per heavy atom. The van der Waals surface area contributed by atoms with Gasteiger partial charge < -0.3 is 10.2 Å². The average Bonchev–Trinajstić information content (AvgIpc) is 2.68. The number of benzene rings is 2. The molecule has 0 spiro atoms. The Labute approximate surface area is 178 Å². The van der Waals surface area contributed by atoms with E-state index in [2.05, 4.69) is 10.2 Å². The molecule has 2 rings (SSSR count). The molecule has 158 valence electrons. The lowest BCUT2D eigenvalue weighted by Crippen LogP contribution is -2.31. The van der Waals surface area contributed by atoms with Crippen molar-refractivity contribution in [3.05, 3.63) is 58.6 Å². The van der Waals surface area contributed by atoms with Crippen LogP contribution < -0.4 is 5.32 Å². The van der Waals surface area contributed by atoms with Crippen LogP contribution in [-0.2, 0) is 16.4 Å². The van der Waals surface area contributed by atoms with Crippen LogP contribution in [0.3, 0.4) is 0 Å². The van der Waals surface area contributed by atoms with Gasteiger partial charge in [-0.3, -0.25) is 4.79 Å². The molecule has 0 saturated heterocycles. The lowest BCUT2D eigenvalue weighted by molar-refractivity contribution is 0.102. The van der Waals surface area contributed by atoms with Gasteiger partial charge in [0.1, 0.15) is 4.90 Å². The second-order valence-corrected chi connectivity index (χ2v) is 9.25. The molecule has 0 unspecified atom stereocenters. The van der Waals surface area contributed by atoms with Crippen molar-refractivity contribution in [1.82, 2.24) is 9.21 Å². The molecule has 0 aliphatic carbocycles. The summed E-state index contributed by atoms with van der Waals surface area (Å²) in [7, 11) is 0.284. The lowest BCUT2D eigenvalue weighted by atomic mass is 10.1. The fraction of sp³-hybridized carbons (Fsp3) is 0.381. The van der Waals surface area contributed by atoms with E-state index in [4.69, 9.17) is 11.6 Å². The van der Waals surface area contributed by atoms with Gasteiger partial charge in [0.2, 0.25) is 10.0 Å². The number of carbonyl (C=O) groups excluding carboxylic acids is 1. The smallest absolute Gasteiger partial charge is 0.255 e. The van der Waals surface area contributed by atoms with E-state index in [1.165, 1.54) is 28.1 Å². The van der Waals surface area contributed by atoms with Gasteiger partial charge in [-0.25, -0.2) is 8.42 Å². The van der Waals surface area contributed by atoms with E-state index in [0.29, 0.717) is 18.8 Å². The number of nitrogens with zero attached hydrogens (tertiary/aromatic N) is 2. The van der Waals surface area contributed by atoms with Crippen LogP contribution in [0.2, 0.25) is 5.02 Å². The number of hydrogen-bond acceptors (Lipinski definition) is 4. The lowest BCUT2D eigenvalue weighted by Gasteiger charge is -2.19. The number of rotatable bonds is 9. The molecule has 1 N–H and O–H groups in total. The van der Waals surface area contributed by atoms with E-state index < -0.39 is 15.9 Å². The number of likely N-dealkylation sites (N-methyl/N-ethyl adjacent to an activating group) is 1. The van der Waals surface area contributed by atoms with Crippen LogP contribution in [0, 0.1) is 0 Å². The predicted octanol–water partition coefficient (Wildman–Crippen LogP) is 3.73. The van der Waals surface area contributed by atoms with Gasteiger partial charge in [0.25, 0.3) is 5.91 Å². The Bertz CT molecular complexity index is 940. The molecule has 8 heteroatoms. The van der Waals surface area contributed by atoms with Gasteiger partial charge in [-0.05, 0) is 56.4 Å². The fourth-order valence-corrected chi connectivity index (χ4v) is 4.81. The van der Waals surface area contributed by atoms with Gasteiger partial charge >= 0.3 is 0 Å². The summed E-state index contributed by atoms with van der Waals surface area (Å²) in [6.07, 6.45) is 0.922. The van der Waals surface area contributed by atoms with E-state index >= 15 is 0 Å². The van der Waals surface area contributed by atoms with Crippen LogP contribution in [-0.4, -0.2) is 57.3 Å². The Kier molecular flexibility index (Phi) is 8.22. The zero-order valence-corrected chi connectivity index (χ0v) is 18.8. The van der Waals surface area contributed by atoms with Gasteiger partial charge in [-0.2, -0.15) is 4.31 Å². The molecule has 0 saturated carbocycles. The highest BCUT2D eigenvalue weighted by Gasteiger charge is 2.25. The molecule has 2 aromatic rings. The van der Waals surface area contributed by atoms with E-state index in [-0.39, 0.29) is 15.5 Å². The molecule has 6 nitrogen and oxygen atoms in total. The van der Waals surface area contributed by atoms with Gasteiger partial charge in [-0.1, -0.05) is 37.6 Å². The highest BCUT2D eigenvalue weighted by molar-refractivity contribution is 7.89. The number of amides is 1. The SMILES string of the molecule is CCN(CC)S(=O)(=O)c1cc(C(=O)Nc2ccc(CCN(C)C)cc2)ccc1Cl. The van der Waals surface area contributed by atoms with Crippen LogP contribution in [0.4, 0.5) is 5.69 Å². The van der Waals surface area contributed by atoms with Crippen molar-refractivity contribution < 1.29 is 13.2 Å². The van der Waals surface area contributed by atoms with Crippen molar-refractivity contribution in [2.75, 3.05) is 39.0 Å². The second kappa shape index (κ2) is 10.2. The Hall–Kier alpha value is -1.93. The van der Waals surface area contributed by atoms with E-state index in [9.17, 15) is 13.2 Å². The van der Waals surface area contributed by atoms with E-state index in [0.717, 1.165) is 13.0 Å². The first-order valence-corrected chi connectivity index (χ1v) is 11.4. The van der Waals surface area contributed by atoms with Crippen molar-refractivity contribution in [2.24, 2.45) is 0 Å². The van der Waals surface area contributed by atoms with Crippen LogP contribution in [0.5, 0.6) is 0 Å².